The molecule has 0 unspecified atom stereocenters. The largest absolute Gasteiger partial charge is 0.493 e. The van der Waals surface area contributed by atoms with Gasteiger partial charge < -0.3 is 19.5 Å². The van der Waals surface area contributed by atoms with Gasteiger partial charge in [-0.25, -0.2) is 5.43 Å². The fraction of sp³-hybridized carbons (Fsp3) is 0.211. The minimum absolute atomic E-state index is 0.235. The van der Waals surface area contributed by atoms with E-state index in [9.17, 15) is 9.59 Å². The van der Waals surface area contributed by atoms with Gasteiger partial charge in [0.1, 0.15) is 0 Å². The minimum atomic E-state index is -0.462. The lowest BCUT2D eigenvalue weighted by molar-refractivity contribution is -0.120. The molecule has 0 saturated heterocycles. The number of nitrogens with zero attached hydrogens (tertiary/aromatic N) is 1. The van der Waals surface area contributed by atoms with Gasteiger partial charge in [-0.15, -0.1) is 0 Å². The summed E-state index contributed by atoms with van der Waals surface area (Å²) in [4.78, 5) is 24.1. The number of methoxy groups -OCH3 is 3. The summed E-state index contributed by atoms with van der Waals surface area (Å²) in [5.74, 6) is 0.154. The number of hydrazone groups is 1. The van der Waals surface area contributed by atoms with Crippen LogP contribution in [-0.4, -0.2) is 45.9 Å². The van der Waals surface area contributed by atoms with Crippen molar-refractivity contribution in [3.63, 3.8) is 0 Å². The third kappa shape index (κ3) is 5.46. The van der Waals surface area contributed by atoms with Crippen molar-refractivity contribution in [1.82, 2.24) is 10.7 Å². The molecule has 0 radical (unpaired) electrons. The van der Waals surface area contributed by atoms with E-state index in [0.29, 0.717) is 17.2 Å². The van der Waals surface area contributed by atoms with Crippen LogP contribution in [0.3, 0.4) is 0 Å². The molecule has 0 saturated carbocycles. The highest BCUT2D eigenvalue weighted by molar-refractivity contribution is 5.97. The van der Waals surface area contributed by atoms with Gasteiger partial charge >= 0.3 is 0 Å². The molecule has 2 amide bonds. The molecule has 0 atom stereocenters. The molecule has 142 valence electrons. The maximum absolute atomic E-state index is 12.3. The van der Waals surface area contributed by atoms with Crippen LogP contribution in [0.2, 0.25) is 0 Å². The van der Waals surface area contributed by atoms with Crippen LogP contribution >= 0.6 is 0 Å². The summed E-state index contributed by atoms with van der Waals surface area (Å²) in [5, 5.41) is 6.35. The second-order valence-corrected chi connectivity index (χ2v) is 5.30. The molecule has 0 bridgehead atoms. The monoisotopic (exact) mass is 371 g/mol. The van der Waals surface area contributed by atoms with Crippen molar-refractivity contribution >= 4 is 18.0 Å². The van der Waals surface area contributed by atoms with Gasteiger partial charge in [0.15, 0.2) is 11.5 Å². The Morgan fingerprint density at radius 1 is 1.00 bits per heavy atom. The Hall–Kier alpha value is -3.55. The number of carbonyl (C=O) groups is 2. The van der Waals surface area contributed by atoms with Gasteiger partial charge in [-0.2, -0.15) is 5.10 Å². The second kappa shape index (κ2) is 9.81. The van der Waals surface area contributed by atoms with Gasteiger partial charge in [0, 0.05) is 5.56 Å². The Morgan fingerprint density at radius 3 is 2.19 bits per heavy atom. The number of rotatable bonds is 8. The molecule has 0 heterocycles. The molecule has 8 nitrogen and oxygen atoms in total. The highest BCUT2D eigenvalue weighted by atomic mass is 16.5. The normalized spacial score (nSPS) is 10.3. The fourth-order valence-corrected chi connectivity index (χ4v) is 2.23. The zero-order valence-electron chi connectivity index (χ0n) is 15.3. The molecule has 0 aliphatic carbocycles. The van der Waals surface area contributed by atoms with E-state index in [-0.39, 0.29) is 12.1 Å². The SMILES string of the molecule is COc1cc(C(=O)NCC(=O)NN=Cc2ccccc2)cc(OC)c1OC. The van der Waals surface area contributed by atoms with Gasteiger partial charge in [0.25, 0.3) is 11.8 Å². The van der Waals surface area contributed by atoms with Crippen molar-refractivity contribution in [2.24, 2.45) is 5.10 Å². The second-order valence-electron chi connectivity index (χ2n) is 5.30. The van der Waals surface area contributed by atoms with Crippen molar-refractivity contribution < 1.29 is 23.8 Å². The molecule has 2 aromatic rings. The van der Waals surface area contributed by atoms with E-state index >= 15 is 0 Å². The molecular weight excluding hydrogens is 350 g/mol. The van der Waals surface area contributed by atoms with Crippen LogP contribution in [-0.2, 0) is 4.79 Å². The molecule has 0 spiro atoms. The van der Waals surface area contributed by atoms with Gasteiger partial charge in [-0.05, 0) is 17.7 Å². The van der Waals surface area contributed by atoms with Crippen LogP contribution in [0.15, 0.2) is 47.6 Å². The average Bonchev–Trinajstić information content (AvgIpc) is 2.71. The topological polar surface area (TPSA) is 98.2 Å². The maximum Gasteiger partial charge on any atom is 0.259 e. The third-order valence-corrected chi connectivity index (χ3v) is 3.54. The van der Waals surface area contributed by atoms with Crippen molar-refractivity contribution in [1.29, 1.82) is 0 Å². The van der Waals surface area contributed by atoms with E-state index in [1.54, 1.807) is 0 Å². The summed E-state index contributed by atoms with van der Waals surface area (Å²) in [7, 11) is 4.38. The molecule has 0 aliphatic rings. The predicted molar refractivity (Wildman–Crippen MR) is 101 cm³/mol. The number of hydrogen-bond donors (Lipinski definition) is 2. The van der Waals surface area contributed by atoms with Crippen molar-refractivity contribution in [2.45, 2.75) is 0 Å². The minimum Gasteiger partial charge on any atom is -0.493 e. The van der Waals surface area contributed by atoms with Crippen LogP contribution < -0.4 is 25.0 Å². The first-order valence-electron chi connectivity index (χ1n) is 8.04. The van der Waals surface area contributed by atoms with Gasteiger partial charge in [0.05, 0.1) is 34.1 Å². The zero-order chi connectivity index (χ0) is 19.6. The quantitative estimate of drug-likeness (QED) is 0.542. The molecule has 2 rings (SSSR count). The highest BCUT2D eigenvalue weighted by Crippen LogP contribution is 2.38. The molecule has 27 heavy (non-hydrogen) atoms. The Kier molecular flexibility index (Phi) is 7.18. The lowest BCUT2D eigenvalue weighted by atomic mass is 10.1. The zero-order valence-corrected chi connectivity index (χ0v) is 15.3. The lowest BCUT2D eigenvalue weighted by Gasteiger charge is -2.14. The summed E-state index contributed by atoms with van der Waals surface area (Å²) in [6, 6.07) is 12.3. The van der Waals surface area contributed by atoms with Crippen molar-refractivity contribution in [3.8, 4) is 17.2 Å². The van der Waals surface area contributed by atoms with Crippen molar-refractivity contribution in [2.75, 3.05) is 27.9 Å². The van der Waals surface area contributed by atoms with Crippen LogP contribution in [0.4, 0.5) is 0 Å². The number of ether oxygens (including phenoxy) is 3. The van der Waals surface area contributed by atoms with Gasteiger partial charge in [0.2, 0.25) is 5.75 Å². The van der Waals surface area contributed by atoms with Crippen LogP contribution in [0, 0.1) is 0 Å². The third-order valence-electron chi connectivity index (χ3n) is 3.54. The summed E-state index contributed by atoms with van der Waals surface area (Å²) in [6.07, 6.45) is 1.51. The Bertz CT molecular complexity index is 796. The molecule has 2 N–H and O–H groups in total. The number of benzene rings is 2. The highest BCUT2D eigenvalue weighted by Gasteiger charge is 2.17. The standard InChI is InChI=1S/C19H21N3O5/c1-25-15-9-14(10-16(26-2)18(15)27-3)19(24)20-12-17(23)22-21-11-13-7-5-4-6-8-13/h4-11H,12H2,1-3H3,(H,20,24)(H,22,23). The van der Waals surface area contributed by atoms with Gasteiger partial charge in [-0.3, -0.25) is 9.59 Å². The maximum atomic E-state index is 12.3. The van der Waals surface area contributed by atoms with E-state index in [4.69, 9.17) is 14.2 Å². The summed E-state index contributed by atoms with van der Waals surface area (Å²) in [6.45, 7) is -0.235. The van der Waals surface area contributed by atoms with E-state index in [0.717, 1.165) is 5.56 Å². The number of nitrogens with one attached hydrogen (secondary N) is 2. The van der Waals surface area contributed by atoms with E-state index < -0.39 is 11.8 Å². The average molecular weight is 371 g/mol. The number of amides is 2. The lowest BCUT2D eigenvalue weighted by Crippen LogP contribution is -2.34. The molecule has 8 heteroatoms. The summed E-state index contributed by atoms with van der Waals surface area (Å²) < 4.78 is 15.6. The Labute approximate surface area is 157 Å². The van der Waals surface area contributed by atoms with Crippen LogP contribution in [0.5, 0.6) is 17.2 Å². The Morgan fingerprint density at radius 2 is 1.63 bits per heavy atom. The Balaban J connectivity index is 1.95. The summed E-state index contributed by atoms with van der Waals surface area (Å²) >= 11 is 0. The molecule has 2 aromatic carbocycles. The van der Waals surface area contributed by atoms with E-state index in [1.165, 1.54) is 39.7 Å². The summed E-state index contributed by atoms with van der Waals surface area (Å²) in [5.41, 5.74) is 3.46. The van der Waals surface area contributed by atoms with Crippen LogP contribution in [0.1, 0.15) is 15.9 Å². The smallest absolute Gasteiger partial charge is 0.259 e. The molecule has 0 aromatic heterocycles. The van der Waals surface area contributed by atoms with Crippen molar-refractivity contribution in [3.05, 3.63) is 53.6 Å². The van der Waals surface area contributed by atoms with E-state index in [2.05, 4.69) is 15.8 Å². The molecule has 0 aliphatic heterocycles. The number of hydrogen-bond acceptors (Lipinski definition) is 6. The molecule has 0 fully saturated rings. The fourth-order valence-electron chi connectivity index (χ4n) is 2.23. The van der Waals surface area contributed by atoms with E-state index in [1.807, 2.05) is 30.3 Å². The predicted octanol–water partition coefficient (Wildman–Crippen LogP) is 1.59. The first-order chi connectivity index (χ1) is 13.1. The first-order valence-corrected chi connectivity index (χ1v) is 8.04. The van der Waals surface area contributed by atoms with Crippen LogP contribution in [0.25, 0.3) is 0 Å². The molecular formula is C19H21N3O5. The van der Waals surface area contributed by atoms with Gasteiger partial charge in [-0.1, -0.05) is 30.3 Å². The first kappa shape index (κ1) is 19.8. The number of carbonyl (C=O) groups excluding carboxylic acids is 2.